The first-order valence-electron chi connectivity index (χ1n) is 6.56. The van der Waals surface area contributed by atoms with E-state index in [0.29, 0.717) is 12.3 Å². The van der Waals surface area contributed by atoms with Gasteiger partial charge in [0.25, 0.3) is 0 Å². The second kappa shape index (κ2) is 5.74. The van der Waals surface area contributed by atoms with E-state index in [9.17, 15) is 4.39 Å². The highest BCUT2D eigenvalue weighted by Crippen LogP contribution is 2.24. The van der Waals surface area contributed by atoms with Crippen molar-refractivity contribution in [2.45, 2.75) is 6.54 Å². The van der Waals surface area contributed by atoms with E-state index in [2.05, 4.69) is 9.89 Å². The molecule has 4 heteroatoms. The van der Waals surface area contributed by atoms with E-state index >= 15 is 0 Å². The summed E-state index contributed by atoms with van der Waals surface area (Å²) in [6.45, 7) is 2.07. The van der Waals surface area contributed by atoms with E-state index in [4.69, 9.17) is 4.74 Å². The van der Waals surface area contributed by atoms with E-state index in [1.165, 1.54) is 12.1 Å². The number of hydrogen-bond acceptors (Lipinski definition) is 3. The van der Waals surface area contributed by atoms with Gasteiger partial charge in [0.1, 0.15) is 18.2 Å². The van der Waals surface area contributed by atoms with Crippen LogP contribution in [0.15, 0.2) is 53.5 Å². The molecule has 0 aromatic heterocycles. The first kappa shape index (κ1) is 12.7. The van der Waals surface area contributed by atoms with E-state index in [-0.39, 0.29) is 5.82 Å². The molecule has 3 nitrogen and oxygen atoms in total. The third kappa shape index (κ3) is 2.96. The molecule has 0 spiro atoms. The lowest BCUT2D eigenvalue weighted by molar-refractivity contribution is 0.267. The average Bonchev–Trinajstić information content (AvgIpc) is 2.48. The molecule has 20 heavy (non-hydrogen) atoms. The molecule has 1 aliphatic rings. The molecule has 0 radical (unpaired) electrons. The van der Waals surface area contributed by atoms with Crippen molar-refractivity contribution in [3.63, 3.8) is 0 Å². The summed E-state index contributed by atoms with van der Waals surface area (Å²) in [5.74, 6) is 0.616. The van der Waals surface area contributed by atoms with E-state index in [1.807, 2.05) is 30.3 Å². The van der Waals surface area contributed by atoms with E-state index in [1.54, 1.807) is 12.4 Å². The van der Waals surface area contributed by atoms with Crippen LogP contribution in [-0.4, -0.2) is 24.4 Å². The number of ether oxygens (including phenoxy) is 1. The summed E-state index contributed by atoms with van der Waals surface area (Å²) in [5, 5.41) is 0. The minimum atomic E-state index is -0.248. The van der Waals surface area contributed by atoms with Gasteiger partial charge in [0.15, 0.2) is 0 Å². The lowest BCUT2D eigenvalue weighted by Gasteiger charge is -2.24. The summed E-state index contributed by atoms with van der Waals surface area (Å²) in [4.78, 5) is 6.33. The maximum atomic E-state index is 13.1. The maximum absolute atomic E-state index is 13.1. The molecule has 1 heterocycles. The van der Waals surface area contributed by atoms with Gasteiger partial charge in [-0.3, -0.25) is 0 Å². The van der Waals surface area contributed by atoms with Crippen LogP contribution in [0, 0.1) is 5.82 Å². The largest absolute Gasteiger partial charge is 0.492 e. The molecular formula is C16H15FN2O. The number of para-hydroxylation sites is 1. The number of nitrogens with zero attached hydrogens (tertiary/aromatic N) is 2. The molecule has 0 amide bonds. The molecular weight excluding hydrogens is 255 g/mol. The van der Waals surface area contributed by atoms with Gasteiger partial charge in [-0.05, 0) is 29.8 Å². The molecule has 0 bridgehead atoms. The van der Waals surface area contributed by atoms with Crippen LogP contribution in [0.2, 0.25) is 0 Å². The summed E-state index contributed by atoms with van der Waals surface area (Å²) in [5.41, 5.74) is 1.75. The second-order valence-electron chi connectivity index (χ2n) is 4.65. The van der Waals surface area contributed by atoms with Gasteiger partial charge in [-0.1, -0.05) is 24.3 Å². The maximum Gasteiger partial charge on any atom is 0.125 e. The fourth-order valence-electron chi connectivity index (χ4n) is 2.13. The Bertz CT molecular complexity index is 613. The van der Waals surface area contributed by atoms with Crippen molar-refractivity contribution in [1.29, 1.82) is 0 Å². The molecule has 0 unspecified atom stereocenters. The van der Waals surface area contributed by atoms with Crippen molar-refractivity contribution in [2.75, 3.05) is 13.2 Å². The number of halogens is 1. The molecule has 102 valence electrons. The molecule has 2 aromatic rings. The van der Waals surface area contributed by atoms with Crippen LogP contribution in [0.4, 0.5) is 10.1 Å². The van der Waals surface area contributed by atoms with Gasteiger partial charge in [0.05, 0.1) is 18.6 Å². The highest BCUT2D eigenvalue weighted by Gasteiger charge is 2.12. The lowest BCUT2D eigenvalue weighted by atomic mass is 10.1. The van der Waals surface area contributed by atoms with Crippen molar-refractivity contribution in [1.82, 2.24) is 4.90 Å². The van der Waals surface area contributed by atoms with Crippen LogP contribution in [0.25, 0.3) is 0 Å². The zero-order chi connectivity index (χ0) is 13.8. The van der Waals surface area contributed by atoms with Gasteiger partial charge < -0.3 is 9.64 Å². The summed E-state index contributed by atoms with van der Waals surface area (Å²) >= 11 is 0. The summed E-state index contributed by atoms with van der Waals surface area (Å²) in [6.07, 6.45) is 1.75. The van der Waals surface area contributed by atoms with Crippen molar-refractivity contribution in [3.8, 4) is 5.75 Å². The van der Waals surface area contributed by atoms with E-state index < -0.39 is 0 Å². The highest BCUT2D eigenvalue weighted by atomic mass is 19.1. The monoisotopic (exact) mass is 270 g/mol. The Kier molecular flexibility index (Phi) is 3.63. The SMILES string of the molecule is Fc1ccc2c(c1)N=CN(CCOc1ccccc1)C2. The molecule has 0 saturated carbocycles. The Morgan fingerprint density at radius 1 is 1.15 bits per heavy atom. The lowest BCUT2D eigenvalue weighted by Crippen LogP contribution is -2.28. The molecule has 0 N–H and O–H groups in total. The van der Waals surface area contributed by atoms with Crippen molar-refractivity contribution < 1.29 is 9.13 Å². The van der Waals surface area contributed by atoms with Crippen molar-refractivity contribution >= 4 is 12.0 Å². The highest BCUT2D eigenvalue weighted by molar-refractivity contribution is 5.66. The number of fused-ring (bicyclic) bond motifs is 1. The van der Waals surface area contributed by atoms with Gasteiger partial charge in [0.2, 0.25) is 0 Å². The number of benzene rings is 2. The molecule has 1 aliphatic heterocycles. The first-order chi connectivity index (χ1) is 9.81. The van der Waals surface area contributed by atoms with Crippen molar-refractivity contribution in [3.05, 3.63) is 59.9 Å². The summed E-state index contributed by atoms with van der Waals surface area (Å²) in [6, 6.07) is 14.4. The predicted octanol–water partition coefficient (Wildman–Crippen LogP) is 3.38. The van der Waals surface area contributed by atoms with Crippen LogP contribution in [0.5, 0.6) is 5.75 Å². The van der Waals surface area contributed by atoms with Crippen LogP contribution >= 0.6 is 0 Å². The topological polar surface area (TPSA) is 24.8 Å². The van der Waals surface area contributed by atoms with Gasteiger partial charge in [0, 0.05) is 6.54 Å². The first-order valence-corrected chi connectivity index (χ1v) is 6.56. The smallest absolute Gasteiger partial charge is 0.125 e. The van der Waals surface area contributed by atoms with Gasteiger partial charge >= 0.3 is 0 Å². The quantitative estimate of drug-likeness (QED) is 0.850. The Morgan fingerprint density at radius 2 is 2.00 bits per heavy atom. The molecule has 0 aliphatic carbocycles. The number of rotatable bonds is 4. The van der Waals surface area contributed by atoms with E-state index in [0.717, 1.165) is 24.4 Å². The normalized spacial score (nSPS) is 13.2. The van der Waals surface area contributed by atoms with Gasteiger partial charge in [-0.25, -0.2) is 9.38 Å². The minimum Gasteiger partial charge on any atom is -0.492 e. The average molecular weight is 270 g/mol. The Labute approximate surface area is 117 Å². The van der Waals surface area contributed by atoms with Gasteiger partial charge in [-0.15, -0.1) is 0 Å². The zero-order valence-corrected chi connectivity index (χ0v) is 11.0. The van der Waals surface area contributed by atoms with Crippen LogP contribution in [0.3, 0.4) is 0 Å². The molecule has 0 atom stereocenters. The third-order valence-corrected chi connectivity index (χ3v) is 3.17. The standard InChI is InChI=1S/C16H15FN2O/c17-14-7-6-13-11-19(12-18-16(13)10-14)8-9-20-15-4-2-1-3-5-15/h1-7,10,12H,8-9,11H2. The van der Waals surface area contributed by atoms with Crippen LogP contribution in [-0.2, 0) is 6.54 Å². The Balaban J connectivity index is 1.55. The molecule has 0 fully saturated rings. The third-order valence-electron chi connectivity index (χ3n) is 3.17. The fraction of sp³-hybridized carbons (Fsp3) is 0.188. The number of aliphatic imine (C=N–C) groups is 1. The van der Waals surface area contributed by atoms with Crippen LogP contribution < -0.4 is 4.74 Å². The minimum absolute atomic E-state index is 0.248. The Hall–Kier alpha value is -2.36. The Morgan fingerprint density at radius 3 is 2.85 bits per heavy atom. The molecule has 2 aromatic carbocycles. The second-order valence-corrected chi connectivity index (χ2v) is 4.65. The number of hydrogen-bond donors (Lipinski definition) is 0. The summed E-state index contributed by atoms with van der Waals surface area (Å²) in [7, 11) is 0. The van der Waals surface area contributed by atoms with Crippen LogP contribution in [0.1, 0.15) is 5.56 Å². The zero-order valence-electron chi connectivity index (χ0n) is 11.0. The van der Waals surface area contributed by atoms with Crippen molar-refractivity contribution in [2.24, 2.45) is 4.99 Å². The summed E-state index contributed by atoms with van der Waals surface area (Å²) < 4.78 is 18.7. The molecule has 3 rings (SSSR count). The predicted molar refractivity (Wildman–Crippen MR) is 76.9 cm³/mol. The van der Waals surface area contributed by atoms with Gasteiger partial charge in [-0.2, -0.15) is 0 Å². The fourth-order valence-corrected chi connectivity index (χ4v) is 2.13. The molecule has 0 saturated heterocycles.